The van der Waals surface area contributed by atoms with E-state index in [1.165, 1.54) is 141 Å². The molecule has 0 saturated carbocycles. The molecule has 0 radical (unpaired) electrons. The van der Waals surface area contributed by atoms with Crippen LogP contribution in [0.3, 0.4) is 0 Å². The summed E-state index contributed by atoms with van der Waals surface area (Å²) >= 11 is 0. The van der Waals surface area contributed by atoms with E-state index in [0.717, 1.165) is 57.8 Å². The number of ether oxygens (including phenoxy) is 3. The first kappa shape index (κ1) is 58.6. The minimum atomic E-state index is -0.874. The van der Waals surface area contributed by atoms with Crippen LogP contribution in [0, 0.1) is 0 Å². The number of esters is 2. The van der Waals surface area contributed by atoms with Crippen LogP contribution in [0.15, 0.2) is 36.5 Å². The third-order valence-corrected chi connectivity index (χ3v) is 11.5. The fourth-order valence-corrected chi connectivity index (χ4v) is 7.60. The number of carboxylic acid groups (broad SMARTS) is 1. The van der Waals surface area contributed by atoms with Gasteiger partial charge in [0.05, 0.1) is 34.4 Å². The lowest BCUT2D eigenvalue weighted by Gasteiger charge is -2.31. The summed E-state index contributed by atoms with van der Waals surface area (Å²) in [7, 11) is 5.54. The molecule has 8 heteroatoms. The van der Waals surface area contributed by atoms with E-state index in [1.54, 1.807) is 0 Å². The Morgan fingerprint density at radius 3 is 1.36 bits per heavy atom. The zero-order valence-corrected chi connectivity index (χ0v) is 40.6. The van der Waals surface area contributed by atoms with Crippen LogP contribution >= 0.6 is 0 Å². The predicted molar refractivity (Wildman–Crippen MR) is 257 cm³/mol. The van der Waals surface area contributed by atoms with Crippen LogP contribution < -0.4 is 0 Å². The number of likely N-dealkylation sites (N-methyl/N-ethyl adjacent to an activating group) is 1. The van der Waals surface area contributed by atoms with Gasteiger partial charge in [-0.05, 0) is 64.2 Å². The first-order valence-corrected chi connectivity index (χ1v) is 25.5. The first-order chi connectivity index (χ1) is 29.6. The third kappa shape index (κ3) is 42.6. The average Bonchev–Trinajstić information content (AvgIpc) is 3.22. The van der Waals surface area contributed by atoms with Gasteiger partial charge in [0.2, 0.25) is 0 Å². The quantitative estimate of drug-likeness (QED) is 0.0282. The fourth-order valence-electron chi connectivity index (χ4n) is 7.60. The molecule has 0 saturated heterocycles. The van der Waals surface area contributed by atoms with E-state index in [9.17, 15) is 19.5 Å². The van der Waals surface area contributed by atoms with Crippen molar-refractivity contribution in [3.05, 3.63) is 36.5 Å². The minimum Gasteiger partial charge on any atom is -0.477 e. The lowest BCUT2D eigenvalue weighted by atomic mass is 10.0. The number of hydrogen-bond donors (Lipinski definition) is 1. The summed E-state index contributed by atoms with van der Waals surface area (Å²) in [5.74, 6) is -1.47. The molecule has 0 bridgehead atoms. The van der Waals surface area contributed by atoms with E-state index < -0.39 is 18.1 Å². The van der Waals surface area contributed by atoms with Gasteiger partial charge in [0.25, 0.3) is 0 Å². The topological polar surface area (TPSA) is 99.1 Å². The molecule has 0 aliphatic heterocycles. The predicted octanol–water partition coefficient (Wildman–Crippen LogP) is 14.6. The minimum absolute atomic E-state index is 0.0527. The Bertz CT molecular complexity index is 1090. The third-order valence-electron chi connectivity index (χ3n) is 11.5. The molecule has 0 heterocycles. The molecule has 0 spiro atoms. The van der Waals surface area contributed by atoms with Crippen LogP contribution in [0.5, 0.6) is 0 Å². The lowest BCUT2D eigenvalue weighted by Crippen LogP contribution is -2.50. The summed E-state index contributed by atoms with van der Waals surface area (Å²) < 4.78 is 17.4. The maximum absolute atomic E-state index is 12.8. The molecule has 2 atom stereocenters. The van der Waals surface area contributed by atoms with Gasteiger partial charge in [-0.1, -0.05) is 185 Å². The van der Waals surface area contributed by atoms with Gasteiger partial charge < -0.3 is 23.8 Å². The zero-order chi connectivity index (χ0) is 44.9. The molecule has 0 aromatic rings. The second-order valence-corrected chi connectivity index (χ2v) is 18.4. The van der Waals surface area contributed by atoms with Crippen LogP contribution in [0.4, 0.5) is 0 Å². The monoisotopic (exact) mass is 861 g/mol. The maximum atomic E-state index is 12.8. The van der Waals surface area contributed by atoms with Gasteiger partial charge in [0, 0.05) is 19.3 Å². The highest BCUT2D eigenvalue weighted by Crippen LogP contribution is 2.16. The van der Waals surface area contributed by atoms with Crippen molar-refractivity contribution in [3.8, 4) is 0 Å². The summed E-state index contributed by atoms with van der Waals surface area (Å²) in [6.07, 6.45) is 51.9. The molecular formula is C53H98NO7+. The van der Waals surface area contributed by atoms with Crippen molar-refractivity contribution in [2.24, 2.45) is 0 Å². The zero-order valence-electron chi connectivity index (χ0n) is 40.6. The SMILES string of the molecule is CC/C=C/C/C=C/CCCCCCCCCCCCCCCCC(=O)OC(COCCC(C(=O)O)[N+](C)(C)C)COC(=O)CCCCCCC/C=C/CCCCCCCCC. The summed E-state index contributed by atoms with van der Waals surface area (Å²) in [5.41, 5.74) is 0. The number of nitrogens with zero attached hydrogens (tertiary/aromatic N) is 1. The Morgan fingerprint density at radius 2 is 0.918 bits per heavy atom. The van der Waals surface area contributed by atoms with E-state index in [2.05, 4.69) is 50.3 Å². The van der Waals surface area contributed by atoms with Crippen LogP contribution in [-0.2, 0) is 28.6 Å². The van der Waals surface area contributed by atoms with Gasteiger partial charge in [-0.15, -0.1) is 0 Å². The summed E-state index contributed by atoms with van der Waals surface area (Å²) in [4.78, 5) is 37.1. The molecule has 1 N–H and O–H groups in total. The lowest BCUT2D eigenvalue weighted by molar-refractivity contribution is -0.887. The molecule has 61 heavy (non-hydrogen) atoms. The number of aliphatic carboxylic acids is 1. The van der Waals surface area contributed by atoms with E-state index in [4.69, 9.17) is 14.2 Å². The maximum Gasteiger partial charge on any atom is 0.362 e. The molecule has 0 amide bonds. The highest BCUT2D eigenvalue weighted by atomic mass is 16.6. The van der Waals surface area contributed by atoms with Crippen LogP contribution in [0.1, 0.15) is 232 Å². The van der Waals surface area contributed by atoms with Crippen molar-refractivity contribution in [1.82, 2.24) is 0 Å². The highest BCUT2D eigenvalue weighted by Gasteiger charge is 2.31. The van der Waals surface area contributed by atoms with Gasteiger partial charge in [-0.3, -0.25) is 9.59 Å². The van der Waals surface area contributed by atoms with Crippen LogP contribution in [0.25, 0.3) is 0 Å². The van der Waals surface area contributed by atoms with Gasteiger partial charge >= 0.3 is 17.9 Å². The average molecular weight is 861 g/mol. The number of carbonyl (C=O) groups is 3. The van der Waals surface area contributed by atoms with Gasteiger partial charge in [-0.2, -0.15) is 0 Å². The summed E-state index contributed by atoms with van der Waals surface area (Å²) in [6.45, 7) is 4.65. The number of unbranched alkanes of at least 4 members (excludes halogenated alkanes) is 26. The molecule has 0 rings (SSSR count). The van der Waals surface area contributed by atoms with Gasteiger partial charge in [0.1, 0.15) is 6.61 Å². The van der Waals surface area contributed by atoms with Crippen molar-refractivity contribution in [2.75, 3.05) is 41.0 Å². The number of carbonyl (C=O) groups excluding carboxylic acids is 2. The Labute approximate surface area is 376 Å². The molecule has 0 aliphatic rings. The second kappa shape index (κ2) is 44.2. The Hall–Kier alpha value is -2.45. The molecule has 2 unspecified atom stereocenters. The number of carboxylic acids is 1. The van der Waals surface area contributed by atoms with Crippen molar-refractivity contribution in [2.45, 2.75) is 244 Å². The first-order valence-electron chi connectivity index (χ1n) is 25.5. The second-order valence-electron chi connectivity index (χ2n) is 18.4. The Kier molecular flexibility index (Phi) is 42.4. The van der Waals surface area contributed by atoms with E-state index >= 15 is 0 Å². The van der Waals surface area contributed by atoms with Crippen LogP contribution in [0.2, 0.25) is 0 Å². The number of quaternary nitrogens is 1. The number of allylic oxidation sites excluding steroid dienone is 6. The fraction of sp³-hybridized carbons (Fsp3) is 0.830. The Morgan fingerprint density at radius 1 is 0.508 bits per heavy atom. The van der Waals surface area contributed by atoms with E-state index in [1.807, 2.05) is 21.1 Å². The largest absolute Gasteiger partial charge is 0.477 e. The van der Waals surface area contributed by atoms with Gasteiger partial charge in [0.15, 0.2) is 12.1 Å². The van der Waals surface area contributed by atoms with Crippen molar-refractivity contribution in [1.29, 1.82) is 0 Å². The molecule has 0 fully saturated rings. The standard InChI is InChI=1S/C53H97NO7/c1-6-8-10-12-14-16-18-20-22-24-25-26-27-28-30-32-34-36-38-40-42-44-52(56)61-49(47-59-46-45-50(53(57)58)54(3,4)5)48-60-51(55)43-41-39-37-35-33-31-29-23-21-19-17-15-13-11-9-7-2/h8,10,14,16,23,29,49-50H,6-7,9,11-13,15,17-22,24-28,30-48H2,1-5H3/p+1/b10-8+,16-14+,29-23+. The van der Waals surface area contributed by atoms with Crippen LogP contribution in [-0.4, -0.2) is 80.6 Å². The Balaban J connectivity index is 4.22. The summed E-state index contributed by atoms with van der Waals surface area (Å²) in [6, 6.07) is -0.615. The molecule has 0 aliphatic carbocycles. The smallest absolute Gasteiger partial charge is 0.362 e. The normalized spacial score (nSPS) is 13.1. The van der Waals surface area contributed by atoms with E-state index in [-0.39, 0.29) is 36.2 Å². The van der Waals surface area contributed by atoms with Crippen molar-refractivity contribution >= 4 is 17.9 Å². The molecule has 0 aromatic carbocycles. The van der Waals surface area contributed by atoms with E-state index in [0.29, 0.717) is 19.3 Å². The van der Waals surface area contributed by atoms with Gasteiger partial charge in [-0.25, -0.2) is 4.79 Å². The number of hydrogen-bond acceptors (Lipinski definition) is 6. The summed E-state index contributed by atoms with van der Waals surface area (Å²) in [5, 5.41) is 9.65. The molecule has 356 valence electrons. The van der Waals surface area contributed by atoms with Crippen molar-refractivity contribution < 1.29 is 38.2 Å². The molecule has 8 nitrogen and oxygen atoms in total. The van der Waals surface area contributed by atoms with Crippen molar-refractivity contribution in [3.63, 3.8) is 0 Å². The number of rotatable bonds is 46. The molecular weight excluding hydrogens is 763 g/mol. The molecule has 0 aromatic heterocycles. The highest BCUT2D eigenvalue weighted by molar-refractivity contribution is 5.72.